The fourth-order valence-corrected chi connectivity index (χ4v) is 2.26. The van der Waals surface area contributed by atoms with Crippen molar-refractivity contribution in [3.05, 3.63) is 41.0 Å². The molecule has 2 nitrogen and oxygen atoms in total. The van der Waals surface area contributed by atoms with Gasteiger partial charge in [0, 0.05) is 6.42 Å². The second-order valence-electron chi connectivity index (χ2n) is 5.09. The molecule has 0 N–H and O–H groups in total. The third-order valence-corrected chi connectivity index (χ3v) is 3.38. The van der Waals surface area contributed by atoms with Gasteiger partial charge in [0.15, 0.2) is 11.6 Å². The summed E-state index contributed by atoms with van der Waals surface area (Å²) in [6, 6.07) is 2.82. The van der Waals surface area contributed by atoms with Gasteiger partial charge in [-0.2, -0.15) is 4.39 Å². The van der Waals surface area contributed by atoms with Gasteiger partial charge in [-0.05, 0) is 31.1 Å². The largest absolute Gasteiger partial charge is 0.491 e. The fourth-order valence-electron chi connectivity index (χ4n) is 2.26. The molecule has 1 unspecified atom stereocenters. The van der Waals surface area contributed by atoms with Gasteiger partial charge in [-0.25, -0.2) is 4.39 Å². The second-order valence-corrected chi connectivity index (χ2v) is 5.09. The molecule has 0 saturated heterocycles. The van der Waals surface area contributed by atoms with Crippen molar-refractivity contribution in [1.82, 2.24) is 0 Å². The van der Waals surface area contributed by atoms with E-state index >= 15 is 0 Å². The Morgan fingerprint density at radius 1 is 1.27 bits per heavy atom. The van der Waals surface area contributed by atoms with Crippen LogP contribution in [0.25, 0.3) is 0 Å². The van der Waals surface area contributed by atoms with Crippen LogP contribution in [-0.4, -0.2) is 19.3 Å². The Balaban J connectivity index is 2.08. The average Bonchev–Trinajstić information content (AvgIpc) is 2.53. The van der Waals surface area contributed by atoms with E-state index in [0.717, 1.165) is 12.8 Å². The highest BCUT2D eigenvalue weighted by molar-refractivity contribution is 5.41. The first-order chi connectivity index (χ1) is 10.7. The lowest BCUT2D eigenvalue weighted by molar-refractivity contribution is 0.100. The fraction of sp³-hybridized carbons (Fsp3) is 0.444. The maximum absolute atomic E-state index is 13.9. The summed E-state index contributed by atoms with van der Waals surface area (Å²) in [5, 5.41) is 0. The molecule has 0 spiro atoms. The minimum Gasteiger partial charge on any atom is -0.491 e. The smallest absolute Gasteiger partial charge is 0.201 e. The Labute approximate surface area is 130 Å². The lowest BCUT2D eigenvalue weighted by Crippen LogP contribution is -2.17. The van der Waals surface area contributed by atoms with Gasteiger partial charge in [0.25, 0.3) is 0 Å². The SMILES string of the molecule is CCCC1=CCC(C#Cc2ccc(OCC)c(F)c2F)OC1. The highest BCUT2D eigenvalue weighted by Crippen LogP contribution is 2.22. The molecule has 0 aliphatic carbocycles. The van der Waals surface area contributed by atoms with Crippen molar-refractivity contribution < 1.29 is 18.3 Å². The van der Waals surface area contributed by atoms with Crippen LogP contribution < -0.4 is 4.74 Å². The van der Waals surface area contributed by atoms with Crippen molar-refractivity contribution in [2.75, 3.05) is 13.2 Å². The first-order valence-electron chi connectivity index (χ1n) is 7.57. The number of benzene rings is 1. The molecule has 1 aromatic rings. The van der Waals surface area contributed by atoms with Crippen LogP contribution in [0.2, 0.25) is 0 Å². The van der Waals surface area contributed by atoms with E-state index in [0.29, 0.717) is 13.0 Å². The van der Waals surface area contributed by atoms with Crippen LogP contribution in [0.5, 0.6) is 5.75 Å². The quantitative estimate of drug-likeness (QED) is 0.612. The summed E-state index contributed by atoms with van der Waals surface area (Å²) in [4.78, 5) is 0. The molecular weight excluding hydrogens is 286 g/mol. The first kappa shape index (κ1) is 16.5. The highest BCUT2D eigenvalue weighted by atomic mass is 19.2. The van der Waals surface area contributed by atoms with Crippen LogP contribution in [0.1, 0.15) is 38.7 Å². The maximum atomic E-state index is 13.9. The van der Waals surface area contributed by atoms with Crippen molar-refractivity contribution in [1.29, 1.82) is 0 Å². The molecular formula is C18H20F2O2. The van der Waals surface area contributed by atoms with Crippen molar-refractivity contribution in [2.24, 2.45) is 0 Å². The Morgan fingerprint density at radius 2 is 2.09 bits per heavy atom. The molecule has 2 rings (SSSR count). The van der Waals surface area contributed by atoms with Crippen molar-refractivity contribution in [2.45, 2.75) is 39.2 Å². The summed E-state index contributed by atoms with van der Waals surface area (Å²) in [5.41, 5.74) is 1.30. The zero-order valence-corrected chi connectivity index (χ0v) is 12.9. The molecule has 1 aromatic carbocycles. The topological polar surface area (TPSA) is 18.5 Å². The lowest BCUT2D eigenvalue weighted by atomic mass is 10.1. The summed E-state index contributed by atoms with van der Waals surface area (Å²) in [5.74, 6) is 3.46. The van der Waals surface area contributed by atoms with Crippen LogP contribution in [0, 0.1) is 23.5 Å². The van der Waals surface area contributed by atoms with Crippen molar-refractivity contribution >= 4 is 0 Å². The minimum atomic E-state index is -0.997. The van der Waals surface area contributed by atoms with E-state index < -0.39 is 11.6 Å². The molecule has 1 aliphatic rings. The van der Waals surface area contributed by atoms with Crippen LogP contribution in [-0.2, 0) is 4.74 Å². The Morgan fingerprint density at radius 3 is 2.73 bits per heavy atom. The molecule has 4 heteroatoms. The number of hydrogen-bond donors (Lipinski definition) is 0. The predicted molar refractivity (Wildman–Crippen MR) is 81.8 cm³/mol. The molecule has 0 amide bonds. The molecule has 0 fully saturated rings. The molecule has 0 radical (unpaired) electrons. The van der Waals surface area contributed by atoms with Gasteiger partial charge < -0.3 is 9.47 Å². The van der Waals surface area contributed by atoms with Crippen LogP contribution in [0.4, 0.5) is 8.78 Å². The molecule has 22 heavy (non-hydrogen) atoms. The van der Waals surface area contributed by atoms with Gasteiger partial charge in [-0.15, -0.1) is 0 Å². The van der Waals surface area contributed by atoms with E-state index in [2.05, 4.69) is 24.8 Å². The van der Waals surface area contributed by atoms with Crippen molar-refractivity contribution in [3.8, 4) is 17.6 Å². The maximum Gasteiger partial charge on any atom is 0.201 e. The standard InChI is InChI=1S/C18H20F2O2/c1-3-5-13-6-9-15(22-12-13)10-7-14-8-11-16(21-4-2)18(20)17(14)19/h6,8,11,15H,3-5,9,12H2,1-2H3. The van der Waals surface area contributed by atoms with Gasteiger partial charge in [0.1, 0.15) is 6.10 Å². The molecule has 118 valence electrons. The molecule has 1 aliphatic heterocycles. The molecule has 1 atom stereocenters. The Bertz CT molecular complexity index is 611. The van der Waals surface area contributed by atoms with Crippen molar-refractivity contribution in [3.63, 3.8) is 0 Å². The zero-order valence-electron chi connectivity index (χ0n) is 12.9. The number of hydrogen-bond acceptors (Lipinski definition) is 2. The van der Waals surface area contributed by atoms with E-state index in [1.54, 1.807) is 6.92 Å². The summed E-state index contributed by atoms with van der Waals surface area (Å²) < 4.78 is 38.3. The molecule has 0 saturated carbocycles. The molecule has 0 aromatic heterocycles. The normalized spacial score (nSPS) is 17.5. The third-order valence-electron chi connectivity index (χ3n) is 3.38. The number of ether oxygens (including phenoxy) is 2. The van der Waals surface area contributed by atoms with Gasteiger partial charge in [0.05, 0.1) is 18.8 Å². The van der Waals surface area contributed by atoms with E-state index in [-0.39, 0.29) is 24.0 Å². The van der Waals surface area contributed by atoms with Crippen LogP contribution in [0.3, 0.4) is 0 Å². The van der Waals surface area contributed by atoms with Gasteiger partial charge in [0.2, 0.25) is 5.82 Å². The predicted octanol–water partition coefficient (Wildman–Crippen LogP) is 4.23. The van der Waals surface area contributed by atoms with E-state index in [4.69, 9.17) is 9.47 Å². The van der Waals surface area contributed by atoms with E-state index in [1.165, 1.54) is 17.7 Å². The highest BCUT2D eigenvalue weighted by Gasteiger charge is 2.14. The molecule has 0 bridgehead atoms. The van der Waals surface area contributed by atoms with E-state index in [9.17, 15) is 8.78 Å². The summed E-state index contributed by atoms with van der Waals surface area (Å²) in [7, 11) is 0. The monoisotopic (exact) mass is 306 g/mol. The first-order valence-corrected chi connectivity index (χ1v) is 7.57. The van der Waals surface area contributed by atoms with Gasteiger partial charge in [-0.3, -0.25) is 0 Å². The zero-order chi connectivity index (χ0) is 15.9. The second kappa shape index (κ2) is 7.95. The lowest BCUT2D eigenvalue weighted by Gasteiger charge is -2.18. The number of halogens is 2. The average molecular weight is 306 g/mol. The summed E-state index contributed by atoms with van der Waals surface area (Å²) in [6.45, 7) is 4.68. The molecule has 1 heterocycles. The minimum absolute atomic E-state index is 0.0212. The summed E-state index contributed by atoms with van der Waals surface area (Å²) in [6.07, 6.45) is 4.65. The van der Waals surface area contributed by atoms with Crippen LogP contribution in [0.15, 0.2) is 23.8 Å². The summed E-state index contributed by atoms with van der Waals surface area (Å²) >= 11 is 0. The third kappa shape index (κ3) is 4.08. The Hall–Kier alpha value is -1.86. The van der Waals surface area contributed by atoms with E-state index in [1.807, 2.05) is 0 Å². The number of rotatable bonds is 4. The Kier molecular flexibility index (Phi) is 5.97. The van der Waals surface area contributed by atoms with Gasteiger partial charge >= 0.3 is 0 Å². The van der Waals surface area contributed by atoms with Crippen LogP contribution >= 0.6 is 0 Å². The van der Waals surface area contributed by atoms with Gasteiger partial charge in [-0.1, -0.05) is 31.3 Å².